The van der Waals surface area contributed by atoms with Crippen LogP contribution in [0.3, 0.4) is 0 Å². The maximum Gasteiger partial charge on any atom is 0.0714 e. The van der Waals surface area contributed by atoms with Crippen LogP contribution in [0.4, 0.5) is 11.4 Å². The first-order chi connectivity index (χ1) is 10.8. The van der Waals surface area contributed by atoms with Crippen molar-refractivity contribution in [2.75, 3.05) is 11.5 Å². The largest absolute Gasteiger partial charge is 0.397 e. The number of anilines is 2. The molecule has 0 aliphatic heterocycles. The highest BCUT2D eigenvalue weighted by molar-refractivity contribution is 6.13. The van der Waals surface area contributed by atoms with Gasteiger partial charge in [-0.1, -0.05) is 48.5 Å². The van der Waals surface area contributed by atoms with Crippen molar-refractivity contribution in [1.82, 2.24) is 4.98 Å². The lowest BCUT2D eigenvalue weighted by Gasteiger charge is -2.12. The molecule has 4 aromatic rings. The predicted molar refractivity (Wildman–Crippen MR) is 93.5 cm³/mol. The van der Waals surface area contributed by atoms with Gasteiger partial charge in [0.25, 0.3) is 0 Å². The number of benzene rings is 3. The van der Waals surface area contributed by atoms with E-state index in [4.69, 9.17) is 11.5 Å². The van der Waals surface area contributed by atoms with Crippen LogP contribution in [0.2, 0.25) is 0 Å². The zero-order valence-electron chi connectivity index (χ0n) is 12.0. The maximum atomic E-state index is 6.20. The highest BCUT2D eigenvalue weighted by Crippen LogP contribution is 2.37. The second kappa shape index (κ2) is 4.74. The lowest BCUT2D eigenvalue weighted by Crippen LogP contribution is -1.97. The van der Waals surface area contributed by atoms with Crippen LogP contribution in [0, 0.1) is 0 Å². The van der Waals surface area contributed by atoms with Crippen LogP contribution in [-0.2, 0) is 0 Å². The Morgan fingerprint density at radius 1 is 0.727 bits per heavy atom. The summed E-state index contributed by atoms with van der Waals surface area (Å²) in [7, 11) is 0. The number of nitrogens with zero attached hydrogens (tertiary/aromatic N) is 1. The summed E-state index contributed by atoms with van der Waals surface area (Å²) in [5, 5.41) is 3.40. The van der Waals surface area contributed by atoms with Crippen LogP contribution >= 0.6 is 0 Å². The number of aromatic nitrogens is 1. The van der Waals surface area contributed by atoms with Gasteiger partial charge in [-0.3, -0.25) is 4.98 Å². The standard InChI is InChI=1S/C19H15N3/c20-16-9-3-8-15(19(16)21)14-7-4-10-17-18(14)13-6-2-1-5-12(13)11-22-17/h1-11H,20-21H2. The van der Waals surface area contributed by atoms with Crippen LogP contribution < -0.4 is 11.5 Å². The van der Waals surface area contributed by atoms with E-state index in [0.29, 0.717) is 11.4 Å². The summed E-state index contributed by atoms with van der Waals surface area (Å²) in [4.78, 5) is 4.58. The first kappa shape index (κ1) is 12.7. The summed E-state index contributed by atoms with van der Waals surface area (Å²) in [5.74, 6) is 0. The van der Waals surface area contributed by atoms with Crippen molar-refractivity contribution in [2.45, 2.75) is 0 Å². The summed E-state index contributed by atoms with van der Waals surface area (Å²) in [6.45, 7) is 0. The van der Waals surface area contributed by atoms with Crippen LogP contribution in [0.5, 0.6) is 0 Å². The van der Waals surface area contributed by atoms with E-state index in [1.165, 1.54) is 5.39 Å². The Morgan fingerprint density at radius 2 is 1.50 bits per heavy atom. The molecule has 0 radical (unpaired) electrons. The number of para-hydroxylation sites is 1. The van der Waals surface area contributed by atoms with E-state index < -0.39 is 0 Å². The summed E-state index contributed by atoms with van der Waals surface area (Å²) in [5.41, 5.74) is 16.4. The van der Waals surface area contributed by atoms with Gasteiger partial charge >= 0.3 is 0 Å². The molecule has 0 saturated carbocycles. The molecule has 0 fully saturated rings. The topological polar surface area (TPSA) is 64.9 Å². The van der Waals surface area contributed by atoms with E-state index in [1.54, 1.807) is 0 Å². The van der Waals surface area contributed by atoms with Gasteiger partial charge in [0.15, 0.2) is 0 Å². The van der Waals surface area contributed by atoms with E-state index in [1.807, 2.05) is 48.7 Å². The molecule has 1 heterocycles. The third-order valence-corrected chi connectivity index (χ3v) is 4.05. The van der Waals surface area contributed by atoms with Crippen LogP contribution in [-0.4, -0.2) is 4.98 Å². The fraction of sp³-hybridized carbons (Fsp3) is 0. The quantitative estimate of drug-likeness (QED) is 0.406. The Labute approximate surface area is 128 Å². The number of hydrogen-bond donors (Lipinski definition) is 2. The average molecular weight is 285 g/mol. The zero-order valence-corrected chi connectivity index (χ0v) is 12.0. The van der Waals surface area contributed by atoms with Gasteiger partial charge in [-0.15, -0.1) is 0 Å². The van der Waals surface area contributed by atoms with Gasteiger partial charge in [-0.05, 0) is 23.1 Å². The van der Waals surface area contributed by atoms with Crippen LogP contribution in [0.15, 0.2) is 66.9 Å². The minimum Gasteiger partial charge on any atom is -0.397 e. The van der Waals surface area contributed by atoms with Crippen LogP contribution in [0.1, 0.15) is 0 Å². The molecule has 106 valence electrons. The number of fused-ring (bicyclic) bond motifs is 3. The molecule has 0 unspecified atom stereocenters. The van der Waals surface area contributed by atoms with Gasteiger partial charge < -0.3 is 11.5 Å². The molecule has 1 aromatic heterocycles. The smallest absolute Gasteiger partial charge is 0.0714 e. The fourth-order valence-corrected chi connectivity index (χ4v) is 2.95. The molecule has 0 amide bonds. The molecule has 0 atom stereocenters. The molecule has 4 rings (SSSR count). The van der Waals surface area contributed by atoms with Gasteiger partial charge in [-0.25, -0.2) is 0 Å². The molecule has 22 heavy (non-hydrogen) atoms. The highest BCUT2D eigenvalue weighted by Gasteiger charge is 2.11. The first-order valence-electron chi connectivity index (χ1n) is 7.16. The van der Waals surface area contributed by atoms with Crippen molar-refractivity contribution >= 4 is 33.1 Å². The number of nitrogen functional groups attached to an aromatic ring is 2. The summed E-state index contributed by atoms with van der Waals surface area (Å²) in [6.07, 6.45) is 1.91. The van der Waals surface area contributed by atoms with Crippen molar-refractivity contribution in [2.24, 2.45) is 0 Å². The minimum absolute atomic E-state index is 0.600. The fourth-order valence-electron chi connectivity index (χ4n) is 2.95. The third kappa shape index (κ3) is 1.79. The Balaban J connectivity index is 2.18. The van der Waals surface area contributed by atoms with Crippen molar-refractivity contribution < 1.29 is 0 Å². The molecule has 3 nitrogen and oxygen atoms in total. The van der Waals surface area contributed by atoms with Gasteiger partial charge in [0.1, 0.15) is 0 Å². The second-order valence-electron chi connectivity index (χ2n) is 5.35. The van der Waals surface area contributed by atoms with Crippen molar-refractivity contribution in [3.8, 4) is 11.1 Å². The van der Waals surface area contributed by atoms with Gasteiger partial charge in [0.05, 0.1) is 16.9 Å². The van der Waals surface area contributed by atoms with Gasteiger partial charge in [0.2, 0.25) is 0 Å². The normalized spacial score (nSPS) is 11.1. The number of pyridine rings is 1. The monoisotopic (exact) mass is 285 g/mol. The molecule has 0 saturated heterocycles. The molecular formula is C19H15N3. The lowest BCUT2D eigenvalue weighted by atomic mass is 9.95. The minimum atomic E-state index is 0.600. The van der Waals surface area contributed by atoms with E-state index in [0.717, 1.165) is 27.4 Å². The lowest BCUT2D eigenvalue weighted by molar-refractivity contribution is 1.44. The van der Waals surface area contributed by atoms with Gasteiger partial charge in [0, 0.05) is 22.5 Å². The average Bonchev–Trinajstić information content (AvgIpc) is 2.57. The summed E-state index contributed by atoms with van der Waals surface area (Å²) < 4.78 is 0. The molecule has 4 N–H and O–H groups in total. The predicted octanol–water partition coefficient (Wildman–Crippen LogP) is 4.22. The molecular weight excluding hydrogens is 270 g/mol. The van der Waals surface area contributed by atoms with E-state index in [-0.39, 0.29) is 0 Å². The molecule has 3 aromatic carbocycles. The Kier molecular flexibility index (Phi) is 2.73. The summed E-state index contributed by atoms with van der Waals surface area (Å²) in [6, 6.07) is 20.1. The Hall–Kier alpha value is -3.07. The molecule has 0 aliphatic rings. The second-order valence-corrected chi connectivity index (χ2v) is 5.35. The van der Waals surface area contributed by atoms with Gasteiger partial charge in [-0.2, -0.15) is 0 Å². The molecule has 0 bridgehead atoms. The molecule has 0 aliphatic carbocycles. The first-order valence-corrected chi connectivity index (χ1v) is 7.16. The van der Waals surface area contributed by atoms with Crippen molar-refractivity contribution in [3.63, 3.8) is 0 Å². The third-order valence-electron chi connectivity index (χ3n) is 4.05. The number of rotatable bonds is 1. The number of hydrogen-bond acceptors (Lipinski definition) is 3. The maximum absolute atomic E-state index is 6.20. The van der Waals surface area contributed by atoms with E-state index in [2.05, 4.69) is 23.2 Å². The summed E-state index contributed by atoms with van der Waals surface area (Å²) >= 11 is 0. The highest BCUT2D eigenvalue weighted by atomic mass is 14.7. The zero-order chi connectivity index (χ0) is 15.1. The number of nitrogens with two attached hydrogens (primary N) is 2. The SMILES string of the molecule is Nc1cccc(-c2cccc3ncc4ccccc4c23)c1N. The van der Waals surface area contributed by atoms with E-state index >= 15 is 0 Å². The molecule has 0 spiro atoms. The van der Waals surface area contributed by atoms with Crippen molar-refractivity contribution in [1.29, 1.82) is 0 Å². The van der Waals surface area contributed by atoms with Crippen molar-refractivity contribution in [3.05, 3.63) is 66.9 Å². The van der Waals surface area contributed by atoms with Crippen LogP contribution in [0.25, 0.3) is 32.8 Å². The molecule has 3 heteroatoms. The Bertz CT molecular complexity index is 1010. The van der Waals surface area contributed by atoms with E-state index in [9.17, 15) is 0 Å². The Morgan fingerprint density at radius 3 is 2.41 bits per heavy atom.